The molecule has 1 amide bonds. The smallest absolute Gasteiger partial charge is 0.230 e. The maximum Gasteiger partial charge on any atom is 0.230 e. The second-order valence-electron chi connectivity index (χ2n) is 8.40. The van der Waals surface area contributed by atoms with Gasteiger partial charge in [-0.3, -0.25) is 9.36 Å². The lowest BCUT2D eigenvalue weighted by Gasteiger charge is -2.20. The summed E-state index contributed by atoms with van der Waals surface area (Å²) in [5.74, 6) is 1.87. The lowest BCUT2D eigenvalue weighted by molar-refractivity contribution is -0.118. The van der Waals surface area contributed by atoms with E-state index < -0.39 is 0 Å². The van der Waals surface area contributed by atoms with E-state index in [9.17, 15) is 4.79 Å². The number of carbonyl (C=O) groups excluding carboxylic acids is 1. The van der Waals surface area contributed by atoms with Crippen LogP contribution in [-0.4, -0.2) is 32.5 Å². The average Bonchev–Trinajstić information content (AvgIpc) is 3.38. The van der Waals surface area contributed by atoms with Crippen LogP contribution >= 0.6 is 11.8 Å². The Hall–Kier alpha value is -2.28. The van der Waals surface area contributed by atoms with Gasteiger partial charge >= 0.3 is 0 Å². The molecule has 0 aliphatic heterocycles. The molecule has 2 aromatic rings. The Morgan fingerprint density at radius 1 is 1.34 bits per heavy atom. The molecule has 1 fully saturated rings. The van der Waals surface area contributed by atoms with Gasteiger partial charge in [-0.05, 0) is 42.9 Å². The molecule has 1 N–H and O–H groups in total. The second kappa shape index (κ2) is 9.03. The minimum absolute atomic E-state index is 0.0374. The monoisotopic (exact) mass is 414 g/mol. The normalized spacial score (nSPS) is 15.0. The van der Waals surface area contributed by atoms with Gasteiger partial charge < -0.3 is 10.1 Å². The van der Waals surface area contributed by atoms with Gasteiger partial charge in [-0.2, -0.15) is 0 Å². The Morgan fingerprint density at radius 2 is 2.03 bits per heavy atom. The number of ether oxygens (including phenoxy) is 1. The summed E-state index contributed by atoms with van der Waals surface area (Å²) in [6, 6.07) is 8.53. The van der Waals surface area contributed by atoms with Crippen molar-refractivity contribution in [2.75, 3.05) is 5.75 Å². The van der Waals surface area contributed by atoms with Crippen LogP contribution in [0.4, 0.5) is 0 Å². The molecule has 0 radical (unpaired) electrons. The summed E-state index contributed by atoms with van der Waals surface area (Å²) in [6.45, 7) is 12.9. The molecule has 1 unspecified atom stereocenters. The first-order valence-corrected chi connectivity index (χ1v) is 11.0. The highest BCUT2D eigenvalue weighted by molar-refractivity contribution is 7.99. The number of nitrogens with one attached hydrogen (secondary N) is 1. The molecule has 1 atom stereocenters. The summed E-state index contributed by atoms with van der Waals surface area (Å²) < 4.78 is 8.06. The number of hydrogen-bond acceptors (Lipinski definition) is 5. The number of rotatable bonds is 9. The second-order valence-corrected chi connectivity index (χ2v) is 9.35. The van der Waals surface area contributed by atoms with Crippen LogP contribution in [0.15, 0.2) is 42.1 Å². The van der Waals surface area contributed by atoms with Gasteiger partial charge in [0.05, 0.1) is 5.75 Å². The van der Waals surface area contributed by atoms with E-state index in [1.54, 1.807) is 6.08 Å². The zero-order valence-corrected chi connectivity index (χ0v) is 18.5. The highest BCUT2D eigenvalue weighted by Gasteiger charge is 2.24. The third kappa shape index (κ3) is 5.85. The molecule has 6 nitrogen and oxygen atoms in total. The van der Waals surface area contributed by atoms with Crippen LogP contribution < -0.4 is 10.1 Å². The van der Waals surface area contributed by atoms with Crippen LogP contribution in [0, 0.1) is 0 Å². The van der Waals surface area contributed by atoms with Crippen LogP contribution in [0.25, 0.3) is 0 Å². The molecule has 1 aromatic heterocycles. The van der Waals surface area contributed by atoms with Gasteiger partial charge in [-0.1, -0.05) is 50.7 Å². The van der Waals surface area contributed by atoms with Gasteiger partial charge in [0, 0.05) is 12.6 Å². The van der Waals surface area contributed by atoms with Crippen LogP contribution in [0.2, 0.25) is 0 Å². The molecule has 0 spiro atoms. The Labute approximate surface area is 177 Å². The third-order valence-corrected chi connectivity index (χ3v) is 5.70. The Kier molecular flexibility index (Phi) is 6.67. The fraction of sp³-hybridized carbons (Fsp3) is 0.500. The van der Waals surface area contributed by atoms with E-state index in [0.29, 0.717) is 23.5 Å². The van der Waals surface area contributed by atoms with E-state index >= 15 is 0 Å². The average molecular weight is 415 g/mol. The molecule has 1 aliphatic carbocycles. The quantitative estimate of drug-likeness (QED) is 0.490. The maximum atomic E-state index is 12.0. The molecule has 1 saturated carbocycles. The summed E-state index contributed by atoms with van der Waals surface area (Å²) in [6.07, 6.45) is 3.68. The lowest BCUT2D eigenvalue weighted by atomic mass is 9.87. The van der Waals surface area contributed by atoms with Crippen molar-refractivity contribution in [2.24, 2.45) is 0 Å². The molecule has 0 bridgehead atoms. The van der Waals surface area contributed by atoms with Crippen molar-refractivity contribution in [1.29, 1.82) is 0 Å². The predicted octanol–water partition coefficient (Wildman–Crippen LogP) is 4.27. The van der Waals surface area contributed by atoms with Crippen molar-refractivity contribution in [1.82, 2.24) is 20.1 Å². The van der Waals surface area contributed by atoms with E-state index in [1.165, 1.54) is 17.3 Å². The van der Waals surface area contributed by atoms with Crippen molar-refractivity contribution >= 4 is 17.7 Å². The van der Waals surface area contributed by atoms with Crippen molar-refractivity contribution in [3.05, 3.63) is 48.3 Å². The maximum absolute atomic E-state index is 12.0. The standard InChI is InChI=1S/C22H30N4O2S/c1-6-13-26-20(24-25-21(26)29-14-19(27)23-17-9-10-17)15(2)28-18-11-7-16(8-12-18)22(3,4)5/h6-8,11-12,15,17H,1,9-10,13-14H2,2-5H3,(H,23,27). The zero-order valence-electron chi connectivity index (χ0n) is 17.6. The minimum Gasteiger partial charge on any atom is -0.483 e. The van der Waals surface area contributed by atoms with Gasteiger partial charge in [-0.25, -0.2) is 0 Å². The highest BCUT2D eigenvalue weighted by Crippen LogP contribution is 2.28. The Bertz CT molecular complexity index is 851. The summed E-state index contributed by atoms with van der Waals surface area (Å²) in [5.41, 5.74) is 1.36. The van der Waals surface area contributed by atoms with Crippen LogP contribution in [0.1, 0.15) is 58.0 Å². The number of aromatic nitrogens is 3. The predicted molar refractivity (Wildman–Crippen MR) is 116 cm³/mol. The summed E-state index contributed by atoms with van der Waals surface area (Å²) in [5, 5.41) is 12.3. The van der Waals surface area contributed by atoms with E-state index in [-0.39, 0.29) is 17.4 Å². The van der Waals surface area contributed by atoms with Gasteiger partial charge in [0.1, 0.15) is 5.75 Å². The van der Waals surface area contributed by atoms with Crippen molar-refractivity contribution in [3.8, 4) is 5.75 Å². The number of allylic oxidation sites excluding steroid dienone is 1. The zero-order chi connectivity index (χ0) is 21.0. The number of nitrogens with zero attached hydrogens (tertiary/aromatic N) is 3. The van der Waals surface area contributed by atoms with Crippen LogP contribution in [-0.2, 0) is 16.8 Å². The van der Waals surface area contributed by atoms with Crippen molar-refractivity contribution in [3.63, 3.8) is 0 Å². The molecule has 0 saturated heterocycles. The Balaban J connectivity index is 1.67. The molecule has 1 heterocycles. The number of benzene rings is 1. The first-order valence-electron chi connectivity index (χ1n) is 10.0. The molecule has 3 rings (SSSR count). The van der Waals surface area contributed by atoms with Crippen molar-refractivity contribution < 1.29 is 9.53 Å². The van der Waals surface area contributed by atoms with Gasteiger partial charge in [0.15, 0.2) is 17.1 Å². The summed E-state index contributed by atoms with van der Waals surface area (Å²) in [7, 11) is 0. The highest BCUT2D eigenvalue weighted by atomic mass is 32.2. The number of carbonyl (C=O) groups is 1. The Morgan fingerprint density at radius 3 is 2.62 bits per heavy atom. The fourth-order valence-electron chi connectivity index (χ4n) is 2.93. The van der Waals surface area contributed by atoms with Gasteiger partial charge in [0.25, 0.3) is 0 Å². The summed E-state index contributed by atoms with van der Waals surface area (Å²) in [4.78, 5) is 12.0. The van der Waals surface area contributed by atoms with Crippen molar-refractivity contribution in [2.45, 2.75) is 69.8 Å². The molecule has 156 valence electrons. The number of amides is 1. The first-order chi connectivity index (χ1) is 13.8. The molecule has 7 heteroatoms. The lowest BCUT2D eigenvalue weighted by Crippen LogP contribution is -2.27. The molecule has 1 aromatic carbocycles. The van der Waals surface area contributed by atoms with E-state index in [1.807, 2.05) is 23.6 Å². The van der Waals surface area contributed by atoms with E-state index in [4.69, 9.17) is 4.74 Å². The molecule has 1 aliphatic rings. The van der Waals surface area contributed by atoms with E-state index in [0.717, 1.165) is 24.4 Å². The van der Waals surface area contributed by atoms with Gasteiger partial charge in [0.2, 0.25) is 5.91 Å². The van der Waals surface area contributed by atoms with Crippen LogP contribution in [0.3, 0.4) is 0 Å². The number of thioether (sulfide) groups is 1. The minimum atomic E-state index is -0.280. The van der Waals surface area contributed by atoms with E-state index in [2.05, 4.69) is 55.0 Å². The molecular formula is C22H30N4O2S. The van der Waals surface area contributed by atoms with Crippen LogP contribution in [0.5, 0.6) is 5.75 Å². The fourth-order valence-corrected chi connectivity index (χ4v) is 3.69. The summed E-state index contributed by atoms with van der Waals surface area (Å²) >= 11 is 1.39. The molecular weight excluding hydrogens is 384 g/mol. The topological polar surface area (TPSA) is 69.0 Å². The van der Waals surface area contributed by atoms with Gasteiger partial charge in [-0.15, -0.1) is 16.8 Å². The SMILES string of the molecule is C=CCn1c(SCC(=O)NC2CC2)nnc1C(C)Oc1ccc(C(C)(C)C)cc1. The number of hydrogen-bond donors (Lipinski definition) is 1. The first kappa shape index (κ1) is 21.4. The third-order valence-electron chi connectivity index (χ3n) is 4.73. The molecule has 29 heavy (non-hydrogen) atoms. The largest absolute Gasteiger partial charge is 0.483 e.